The molecule has 0 radical (unpaired) electrons. The van der Waals surface area contributed by atoms with E-state index in [0.717, 1.165) is 30.7 Å². The lowest BCUT2D eigenvalue weighted by molar-refractivity contribution is 0.0767. The van der Waals surface area contributed by atoms with Crippen molar-refractivity contribution >= 4 is 33.0 Å². The fourth-order valence-corrected chi connectivity index (χ4v) is 4.58. The Kier molecular flexibility index (Phi) is 6.15. The molecule has 1 aliphatic heterocycles. The van der Waals surface area contributed by atoms with Crippen molar-refractivity contribution in [2.75, 3.05) is 44.4 Å². The maximum Gasteiger partial charge on any atom is 0.253 e. The van der Waals surface area contributed by atoms with Gasteiger partial charge in [-0.05, 0) is 48.9 Å². The average Bonchev–Trinajstić information content (AvgIpc) is 2.93. The molecule has 0 spiro atoms. The van der Waals surface area contributed by atoms with Crippen LogP contribution in [0.4, 0.5) is 5.69 Å². The van der Waals surface area contributed by atoms with Gasteiger partial charge in [-0.1, -0.05) is 11.6 Å². The highest BCUT2D eigenvalue weighted by molar-refractivity contribution is 7.90. The van der Waals surface area contributed by atoms with Crippen LogP contribution in [-0.2, 0) is 9.84 Å². The number of ether oxygens (including phenoxy) is 1. The highest BCUT2D eigenvalue weighted by atomic mass is 35.5. The SMILES string of the molecule is COc1ccc(N2CCCN(C(=O)c3ccc(Cl)c(S(C)(=O)=O)c3)CC2)cc1. The molecular formula is C20H23ClN2O4S. The predicted molar refractivity (Wildman–Crippen MR) is 110 cm³/mol. The average molecular weight is 423 g/mol. The molecule has 0 bridgehead atoms. The van der Waals surface area contributed by atoms with Crippen molar-refractivity contribution in [3.05, 3.63) is 53.1 Å². The summed E-state index contributed by atoms with van der Waals surface area (Å²) in [4.78, 5) is 16.9. The Morgan fingerprint density at radius 2 is 1.75 bits per heavy atom. The van der Waals surface area contributed by atoms with E-state index >= 15 is 0 Å². The minimum Gasteiger partial charge on any atom is -0.497 e. The number of carbonyl (C=O) groups excluding carboxylic acids is 1. The lowest BCUT2D eigenvalue weighted by Gasteiger charge is -2.24. The van der Waals surface area contributed by atoms with Crippen molar-refractivity contribution in [2.45, 2.75) is 11.3 Å². The van der Waals surface area contributed by atoms with Crippen LogP contribution in [-0.4, -0.2) is 58.8 Å². The van der Waals surface area contributed by atoms with Crippen molar-refractivity contribution in [1.29, 1.82) is 0 Å². The van der Waals surface area contributed by atoms with Crippen LogP contribution in [0.25, 0.3) is 0 Å². The van der Waals surface area contributed by atoms with E-state index in [1.807, 2.05) is 24.3 Å². The molecule has 1 saturated heterocycles. The van der Waals surface area contributed by atoms with E-state index in [4.69, 9.17) is 16.3 Å². The number of benzene rings is 2. The van der Waals surface area contributed by atoms with Crippen molar-refractivity contribution in [1.82, 2.24) is 4.90 Å². The number of rotatable bonds is 4. The van der Waals surface area contributed by atoms with Gasteiger partial charge in [0.2, 0.25) is 0 Å². The number of hydrogen-bond donors (Lipinski definition) is 0. The van der Waals surface area contributed by atoms with Crippen molar-refractivity contribution in [3.8, 4) is 5.75 Å². The third-order valence-electron chi connectivity index (χ3n) is 4.80. The summed E-state index contributed by atoms with van der Waals surface area (Å²) < 4.78 is 29.0. The molecule has 3 rings (SSSR count). The molecule has 0 saturated carbocycles. The molecule has 0 N–H and O–H groups in total. The first-order chi connectivity index (χ1) is 13.3. The molecule has 8 heteroatoms. The number of halogens is 1. The summed E-state index contributed by atoms with van der Waals surface area (Å²) in [5.74, 6) is 0.623. The molecule has 28 heavy (non-hydrogen) atoms. The van der Waals surface area contributed by atoms with Crippen LogP contribution < -0.4 is 9.64 Å². The Labute approximate surface area is 170 Å². The van der Waals surface area contributed by atoms with E-state index in [1.165, 1.54) is 12.1 Å². The van der Waals surface area contributed by atoms with Crippen LogP contribution in [0.1, 0.15) is 16.8 Å². The van der Waals surface area contributed by atoms with E-state index in [9.17, 15) is 13.2 Å². The van der Waals surface area contributed by atoms with Crippen LogP contribution >= 0.6 is 11.6 Å². The molecule has 0 unspecified atom stereocenters. The third kappa shape index (κ3) is 4.59. The summed E-state index contributed by atoms with van der Waals surface area (Å²) in [5.41, 5.74) is 1.42. The maximum absolute atomic E-state index is 12.9. The van der Waals surface area contributed by atoms with E-state index in [-0.39, 0.29) is 15.8 Å². The van der Waals surface area contributed by atoms with Gasteiger partial charge in [0.05, 0.1) is 17.0 Å². The van der Waals surface area contributed by atoms with E-state index in [2.05, 4.69) is 4.90 Å². The van der Waals surface area contributed by atoms with Gasteiger partial charge in [0.15, 0.2) is 9.84 Å². The molecule has 2 aromatic rings. The molecule has 6 nitrogen and oxygen atoms in total. The Morgan fingerprint density at radius 1 is 1.04 bits per heavy atom. The monoisotopic (exact) mass is 422 g/mol. The minimum atomic E-state index is -3.50. The first-order valence-electron chi connectivity index (χ1n) is 8.97. The van der Waals surface area contributed by atoms with Gasteiger partial charge in [-0.15, -0.1) is 0 Å². The van der Waals surface area contributed by atoms with Gasteiger partial charge in [0, 0.05) is 43.7 Å². The zero-order chi connectivity index (χ0) is 20.3. The van der Waals surface area contributed by atoms with Gasteiger partial charge in [-0.2, -0.15) is 0 Å². The van der Waals surface area contributed by atoms with Gasteiger partial charge in [-0.25, -0.2) is 8.42 Å². The molecule has 0 atom stereocenters. The molecule has 1 amide bonds. The number of amides is 1. The first-order valence-corrected chi connectivity index (χ1v) is 11.2. The zero-order valence-electron chi connectivity index (χ0n) is 15.9. The largest absolute Gasteiger partial charge is 0.497 e. The first kappa shape index (κ1) is 20.5. The molecule has 0 aromatic heterocycles. The summed E-state index contributed by atoms with van der Waals surface area (Å²) in [6.07, 6.45) is 1.91. The molecule has 1 aliphatic rings. The van der Waals surface area contributed by atoms with Crippen LogP contribution in [0.15, 0.2) is 47.4 Å². The van der Waals surface area contributed by atoms with Crippen molar-refractivity contribution in [3.63, 3.8) is 0 Å². The second kappa shape index (κ2) is 8.41. The Morgan fingerprint density at radius 3 is 2.39 bits per heavy atom. The number of sulfone groups is 1. The van der Waals surface area contributed by atoms with Crippen LogP contribution in [0.2, 0.25) is 5.02 Å². The molecule has 1 heterocycles. The summed E-state index contributed by atoms with van der Waals surface area (Å²) in [5, 5.41) is 0.126. The topological polar surface area (TPSA) is 66.9 Å². The number of methoxy groups -OCH3 is 1. The van der Waals surface area contributed by atoms with Gasteiger partial charge < -0.3 is 14.5 Å². The Bertz CT molecular complexity index is 961. The number of anilines is 1. The second-order valence-electron chi connectivity index (χ2n) is 6.75. The van der Waals surface area contributed by atoms with Gasteiger partial charge in [-0.3, -0.25) is 4.79 Å². The fraction of sp³-hybridized carbons (Fsp3) is 0.350. The second-order valence-corrected chi connectivity index (χ2v) is 9.14. The van der Waals surface area contributed by atoms with Gasteiger partial charge >= 0.3 is 0 Å². The summed E-state index contributed by atoms with van der Waals surface area (Å²) in [6.45, 7) is 2.71. The molecule has 0 aliphatic carbocycles. The normalized spacial score (nSPS) is 15.2. The van der Waals surface area contributed by atoms with Crippen LogP contribution in [0, 0.1) is 0 Å². The highest BCUT2D eigenvalue weighted by Crippen LogP contribution is 2.24. The van der Waals surface area contributed by atoms with E-state index in [0.29, 0.717) is 25.2 Å². The molecule has 150 valence electrons. The summed E-state index contributed by atoms with van der Waals surface area (Å²) in [6, 6.07) is 12.3. The minimum absolute atomic E-state index is 0.0188. The zero-order valence-corrected chi connectivity index (χ0v) is 17.5. The molecule has 2 aromatic carbocycles. The lowest BCUT2D eigenvalue weighted by atomic mass is 10.2. The van der Waals surface area contributed by atoms with Crippen LogP contribution in [0.5, 0.6) is 5.75 Å². The molecule has 1 fully saturated rings. The molecular weight excluding hydrogens is 400 g/mol. The summed E-state index contributed by atoms with van der Waals surface area (Å²) >= 11 is 5.99. The van der Waals surface area contributed by atoms with Gasteiger partial charge in [0.25, 0.3) is 5.91 Å². The summed E-state index contributed by atoms with van der Waals surface area (Å²) in [7, 11) is -1.86. The fourth-order valence-electron chi connectivity index (χ4n) is 3.27. The quantitative estimate of drug-likeness (QED) is 0.757. The number of carbonyl (C=O) groups is 1. The third-order valence-corrected chi connectivity index (χ3v) is 6.38. The number of hydrogen-bond acceptors (Lipinski definition) is 5. The van der Waals surface area contributed by atoms with Gasteiger partial charge in [0.1, 0.15) is 5.75 Å². The Balaban J connectivity index is 1.74. The predicted octanol–water partition coefficient (Wildman–Crippen LogP) is 3.10. The smallest absolute Gasteiger partial charge is 0.253 e. The maximum atomic E-state index is 12.9. The van der Waals surface area contributed by atoms with Crippen molar-refractivity contribution < 1.29 is 17.9 Å². The lowest BCUT2D eigenvalue weighted by Crippen LogP contribution is -2.35. The van der Waals surface area contributed by atoms with E-state index < -0.39 is 9.84 Å². The standard InChI is InChI=1S/C20H23ClN2O4S/c1-27-17-7-5-16(6-8-17)22-10-3-11-23(13-12-22)20(24)15-4-9-18(21)19(14-15)28(2,25)26/h4-9,14H,3,10-13H2,1-2H3. The van der Waals surface area contributed by atoms with Crippen LogP contribution in [0.3, 0.4) is 0 Å². The van der Waals surface area contributed by atoms with E-state index in [1.54, 1.807) is 18.1 Å². The Hall–Kier alpha value is -2.25. The number of nitrogens with zero attached hydrogens (tertiary/aromatic N) is 2. The van der Waals surface area contributed by atoms with Crippen molar-refractivity contribution in [2.24, 2.45) is 0 Å². The highest BCUT2D eigenvalue weighted by Gasteiger charge is 2.22.